The smallest absolute Gasteiger partial charge is 0.293 e. The summed E-state index contributed by atoms with van der Waals surface area (Å²) >= 11 is 0. The molecule has 4 N–H and O–H groups in total. The number of aliphatic hydroxyl groups excluding tert-OH is 1. The van der Waals surface area contributed by atoms with Crippen molar-refractivity contribution in [2.45, 2.75) is 122 Å². The Balaban J connectivity index is 0.769. The van der Waals surface area contributed by atoms with Crippen LogP contribution in [0.1, 0.15) is 114 Å². The second-order valence-electron chi connectivity index (χ2n) is 23.0. The second-order valence-corrected chi connectivity index (χ2v) is 23.0. The zero-order chi connectivity index (χ0) is 54.9. The molecular weight excluding hydrogens is 997 g/mol. The van der Waals surface area contributed by atoms with Gasteiger partial charge in [0.05, 0.1) is 29.8 Å². The Morgan fingerprint density at radius 3 is 2.40 bits per heavy atom. The summed E-state index contributed by atoms with van der Waals surface area (Å²) < 4.78 is 3.67. The first-order valence-corrected chi connectivity index (χ1v) is 27.4. The van der Waals surface area contributed by atoms with Crippen LogP contribution in [0.4, 0.5) is 28.7 Å². The highest BCUT2D eigenvalue weighted by molar-refractivity contribution is 6.23. The fraction of sp³-hybridized carbons (Fsp3) is 0.491. The third-order valence-corrected chi connectivity index (χ3v) is 17.3. The van der Waals surface area contributed by atoms with Crippen molar-refractivity contribution in [2.24, 2.45) is 12.5 Å². The van der Waals surface area contributed by atoms with Crippen LogP contribution in [0.2, 0.25) is 0 Å². The predicted octanol–water partition coefficient (Wildman–Crippen LogP) is 3.19. The molecule has 410 valence electrons. The summed E-state index contributed by atoms with van der Waals surface area (Å²) in [6.45, 7) is 13.4. The first-order chi connectivity index (χ1) is 37.4. The number of imide groups is 3. The number of piperazine rings is 1. The number of aliphatic hydroxyl groups is 1. The number of piperidine rings is 3. The molecule has 21 heteroatoms. The molecular formula is C57H68N12O9. The topological polar surface area (TPSA) is 235 Å². The maximum absolute atomic E-state index is 14.2. The van der Waals surface area contributed by atoms with Crippen LogP contribution in [0.15, 0.2) is 59.5 Å². The number of hydrogen-bond donors (Lipinski definition) is 4. The number of carbonyl (C=O) groups is 7. The van der Waals surface area contributed by atoms with Crippen LogP contribution in [0.25, 0.3) is 6.08 Å². The van der Waals surface area contributed by atoms with Gasteiger partial charge in [0.2, 0.25) is 24.1 Å². The average molecular weight is 1070 g/mol. The molecule has 0 bridgehead atoms. The fourth-order valence-corrected chi connectivity index (χ4v) is 13.6. The number of rotatable bonds is 12. The van der Waals surface area contributed by atoms with E-state index >= 15 is 0 Å². The quantitative estimate of drug-likeness (QED) is 0.0907. The van der Waals surface area contributed by atoms with Gasteiger partial charge in [-0.1, -0.05) is 13.8 Å². The minimum atomic E-state index is -1.03. The van der Waals surface area contributed by atoms with Gasteiger partial charge in [0, 0.05) is 118 Å². The SMILES string of the molecule is C[C@@H]1CC(N2CCN(c3ccc(Nc4nc(N5CCCC(N6CCn7c(cc8c7CC(C)(C)C8)C6=O)C5CO)cn(C)c4=O)cc3C=CC(=O)NC=O)[C@@H](C)C2)CCN1c1ccc2c(c1)C(=O)N(C1CCC(=O)NC1=O)C2=O. The van der Waals surface area contributed by atoms with Crippen LogP contribution in [-0.4, -0.2) is 158 Å². The number of anilines is 5. The summed E-state index contributed by atoms with van der Waals surface area (Å²) in [6.07, 6.45) is 10.2. The van der Waals surface area contributed by atoms with E-state index in [2.05, 4.69) is 69.0 Å². The van der Waals surface area contributed by atoms with Crippen LogP contribution in [0, 0.1) is 5.41 Å². The summed E-state index contributed by atoms with van der Waals surface area (Å²) in [5, 5.41) is 18.7. The van der Waals surface area contributed by atoms with Crippen molar-refractivity contribution in [1.29, 1.82) is 0 Å². The van der Waals surface area contributed by atoms with Gasteiger partial charge in [-0.05, 0) is 118 Å². The number of aryl methyl sites for hydroxylation is 1. The Kier molecular flexibility index (Phi) is 13.9. The van der Waals surface area contributed by atoms with Crippen LogP contribution in [0.5, 0.6) is 0 Å². The highest BCUT2D eigenvalue weighted by Gasteiger charge is 2.46. The number of carbonyl (C=O) groups excluding carboxylic acids is 7. The van der Waals surface area contributed by atoms with Crippen molar-refractivity contribution in [3.63, 3.8) is 0 Å². The van der Waals surface area contributed by atoms with Gasteiger partial charge in [-0.15, -0.1) is 0 Å². The Hall–Kier alpha value is -7.65. The molecule has 7 aliphatic rings. The molecule has 11 rings (SSSR count). The number of nitrogens with one attached hydrogen (secondary N) is 3. The van der Waals surface area contributed by atoms with Crippen molar-refractivity contribution >= 4 is 76.6 Å². The monoisotopic (exact) mass is 1060 g/mol. The normalized spacial score (nSPS) is 25.4. The Morgan fingerprint density at radius 2 is 1.64 bits per heavy atom. The van der Waals surface area contributed by atoms with Gasteiger partial charge in [-0.25, -0.2) is 4.98 Å². The number of amides is 7. The van der Waals surface area contributed by atoms with Crippen LogP contribution in [-0.2, 0) is 45.6 Å². The number of nitrogens with zero attached hydrogens (tertiary/aromatic N) is 9. The molecule has 7 amide bonds. The highest BCUT2D eigenvalue weighted by Crippen LogP contribution is 2.41. The molecule has 21 nitrogen and oxygen atoms in total. The van der Waals surface area contributed by atoms with Gasteiger partial charge >= 0.3 is 0 Å². The molecule has 1 aliphatic carbocycles. The molecule has 8 heterocycles. The summed E-state index contributed by atoms with van der Waals surface area (Å²) in [5.41, 5.74) is 6.45. The first kappa shape index (κ1) is 52.4. The van der Waals surface area contributed by atoms with E-state index in [-0.39, 0.29) is 77.4 Å². The molecule has 0 spiro atoms. The third-order valence-electron chi connectivity index (χ3n) is 17.3. The minimum absolute atomic E-state index is 0.0199. The molecule has 0 saturated carbocycles. The summed E-state index contributed by atoms with van der Waals surface area (Å²) in [7, 11) is 1.66. The third kappa shape index (κ3) is 9.53. The number of fused-ring (bicyclic) bond motifs is 4. The maximum atomic E-state index is 14.2. The number of hydrogen-bond acceptors (Lipinski definition) is 15. The fourth-order valence-electron chi connectivity index (χ4n) is 13.6. The zero-order valence-corrected chi connectivity index (χ0v) is 44.9. The molecule has 0 radical (unpaired) electrons. The van der Waals surface area contributed by atoms with E-state index in [0.29, 0.717) is 55.4 Å². The number of benzene rings is 2. The molecule has 2 aromatic heterocycles. The molecule has 4 fully saturated rings. The Bertz CT molecular complexity index is 3240. The van der Waals surface area contributed by atoms with Crippen LogP contribution >= 0.6 is 0 Å². The molecule has 6 aliphatic heterocycles. The molecule has 4 saturated heterocycles. The van der Waals surface area contributed by atoms with E-state index in [0.717, 1.165) is 74.4 Å². The molecule has 78 heavy (non-hydrogen) atoms. The van der Waals surface area contributed by atoms with Crippen molar-refractivity contribution < 1.29 is 38.7 Å². The van der Waals surface area contributed by atoms with E-state index in [9.17, 15) is 43.5 Å². The lowest BCUT2D eigenvalue weighted by atomic mass is 9.90. The largest absolute Gasteiger partial charge is 0.394 e. The average Bonchev–Trinajstić information content (AvgIpc) is 4.11. The van der Waals surface area contributed by atoms with E-state index in [1.807, 2.05) is 34.1 Å². The van der Waals surface area contributed by atoms with E-state index in [1.165, 1.54) is 21.9 Å². The second kappa shape index (κ2) is 20.6. The van der Waals surface area contributed by atoms with Crippen molar-refractivity contribution in [1.82, 2.24) is 39.5 Å². The molecule has 6 atom stereocenters. The Morgan fingerprint density at radius 1 is 0.846 bits per heavy atom. The van der Waals surface area contributed by atoms with E-state index in [4.69, 9.17) is 4.98 Å². The van der Waals surface area contributed by atoms with Crippen LogP contribution in [0.3, 0.4) is 0 Å². The van der Waals surface area contributed by atoms with Crippen molar-refractivity contribution in [3.8, 4) is 0 Å². The molecule has 4 aromatic rings. The van der Waals surface area contributed by atoms with E-state index in [1.54, 1.807) is 31.5 Å². The predicted molar refractivity (Wildman–Crippen MR) is 292 cm³/mol. The lowest BCUT2D eigenvalue weighted by Gasteiger charge is -2.48. The summed E-state index contributed by atoms with van der Waals surface area (Å²) in [5.74, 6) is -2.17. The maximum Gasteiger partial charge on any atom is 0.293 e. The van der Waals surface area contributed by atoms with Crippen molar-refractivity contribution in [2.75, 3.05) is 65.9 Å². The lowest BCUT2D eigenvalue weighted by molar-refractivity contribution is -0.136. The van der Waals surface area contributed by atoms with Gasteiger partial charge in [0.25, 0.3) is 23.3 Å². The van der Waals surface area contributed by atoms with Gasteiger partial charge in [-0.2, -0.15) is 0 Å². The van der Waals surface area contributed by atoms with Crippen molar-refractivity contribution in [3.05, 3.63) is 98.7 Å². The van der Waals surface area contributed by atoms with Gasteiger partial charge < -0.3 is 39.2 Å². The molecule has 2 aromatic carbocycles. The summed E-state index contributed by atoms with van der Waals surface area (Å²) in [4.78, 5) is 120. The molecule has 4 unspecified atom stereocenters. The van der Waals surface area contributed by atoms with Crippen LogP contribution < -0.4 is 36.2 Å². The standard InChI is InChI=1S/C57H68N12O9/c1-33-23-38(16-18-64(33)39-10-11-40-41(26-39)54(76)69(53(40)75)44-13-15-50(73)61-52(44)74)63-19-20-65(34(2)29-63)42-12-9-37(24-35(42)8-14-49(72)58-32-71)59-51-56(78)62(5)30-48(60-51)67-17-6-7-43(47(67)31-70)68-22-21-66-45(55(68)77)25-36-27-57(3,4)28-46(36)66/h8-12,14,24-26,30,32-34,38,43-44,47,70H,6-7,13,15-23,27-29,31H2,1-5H3,(H,59,60)(H,58,71,72)(H,61,73,74)/t33-,34+,38?,43?,44?,47?/m1/s1. The number of aromatic nitrogens is 3. The summed E-state index contributed by atoms with van der Waals surface area (Å²) in [6, 6.07) is 11.7. The lowest BCUT2D eigenvalue weighted by Crippen LogP contribution is -2.60. The first-order valence-electron chi connectivity index (χ1n) is 27.4. The Labute approximate surface area is 452 Å². The van der Waals surface area contributed by atoms with Gasteiger partial charge in [0.1, 0.15) is 17.6 Å². The van der Waals surface area contributed by atoms with Gasteiger partial charge in [-0.3, -0.25) is 58.8 Å². The van der Waals surface area contributed by atoms with Gasteiger partial charge in [0.15, 0.2) is 5.82 Å². The zero-order valence-electron chi connectivity index (χ0n) is 44.9. The highest BCUT2D eigenvalue weighted by atomic mass is 16.3. The minimum Gasteiger partial charge on any atom is -0.394 e. The van der Waals surface area contributed by atoms with E-state index < -0.39 is 41.6 Å².